The average Bonchev–Trinajstić information content (AvgIpc) is 3.11. The van der Waals surface area contributed by atoms with Gasteiger partial charge >= 0.3 is 5.97 Å². The minimum atomic E-state index is -1.08. The summed E-state index contributed by atoms with van der Waals surface area (Å²) in [6, 6.07) is 6.75. The monoisotopic (exact) mass is 389 g/mol. The number of aliphatic carboxylic acids is 1. The highest BCUT2D eigenvalue weighted by Crippen LogP contribution is 2.32. The van der Waals surface area contributed by atoms with Gasteiger partial charge in [-0.3, -0.25) is 9.59 Å². The third-order valence-electron chi connectivity index (χ3n) is 4.76. The number of rotatable bonds is 7. The van der Waals surface area contributed by atoms with Crippen LogP contribution in [0.3, 0.4) is 0 Å². The van der Waals surface area contributed by atoms with Crippen molar-refractivity contribution in [2.75, 3.05) is 26.8 Å². The number of hydrogen-bond donors (Lipinski definition) is 1. The van der Waals surface area contributed by atoms with Gasteiger partial charge in [-0.25, -0.2) is 0 Å². The van der Waals surface area contributed by atoms with E-state index >= 15 is 0 Å². The molecule has 2 aromatic rings. The van der Waals surface area contributed by atoms with Crippen LogP contribution in [0.2, 0.25) is 0 Å². The van der Waals surface area contributed by atoms with Gasteiger partial charge in [0.15, 0.2) is 6.61 Å². The molecule has 28 heavy (non-hydrogen) atoms. The Labute approximate surface area is 162 Å². The van der Waals surface area contributed by atoms with Gasteiger partial charge < -0.3 is 24.0 Å². The van der Waals surface area contributed by atoms with Crippen LogP contribution in [0.25, 0.3) is 0 Å². The lowest BCUT2D eigenvalue weighted by molar-refractivity contribution is -0.155. The number of carboxylic acids is 1. The first-order valence-electron chi connectivity index (χ1n) is 8.97. The van der Waals surface area contributed by atoms with Crippen molar-refractivity contribution in [2.45, 2.75) is 26.4 Å². The molecule has 0 spiro atoms. The smallest absolute Gasteiger partial charge is 0.313 e. The van der Waals surface area contributed by atoms with Crippen molar-refractivity contribution in [2.24, 2.45) is 5.41 Å². The largest absolute Gasteiger partial charge is 0.485 e. The van der Waals surface area contributed by atoms with Crippen molar-refractivity contribution in [3.63, 3.8) is 0 Å². The maximum atomic E-state index is 12.9. The van der Waals surface area contributed by atoms with Crippen molar-refractivity contribution < 1.29 is 28.7 Å². The zero-order valence-electron chi connectivity index (χ0n) is 15.9. The number of nitrogens with zero attached hydrogens (tertiary/aromatic N) is 3. The van der Waals surface area contributed by atoms with Crippen molar-refractivity contribution in [3.8, 4) is 5.75 Å². The van der Waals surface area contributed by atoms with Gasteiger partial charge in [0.1, 0.15) is 11.2 Å². The van der Waals surface area contributed by atoms with Crippen molar-refractivity contribution >= 4 is 11.9 Å². The standard InChI is InChI=1S/C19H23N3O6/c1-13-20-16(21-28-13)10-27-15-6-3-5-14(9-15)17(23)22-8-4-7-19(11-22,12-26-2)18(24)25/h3,5-6,9H,4,7-8,10-12H2,1-2H3,(H,24,25). The molecule has 1 amide bonds. The number of amides is 1. The Morgan fingerprint density at radius 2 is 2.21 bits per heavy atom. The number of benzene rings is 1. The molecule has 1 aliphatic heterocycles. The maximum Gasteiger partial charge on any atom is 0.313 e. The Hall–Kier alpha value is -2.94. The second-order valence-corrected chi connectivity index (χ2v) is 6.89. The third kappa shape index (κ3) is 4.30. The first kappa shape index (κ1) is 19.8. The van der Waals surface area contributed by atoms with Gasteiger partial charge in [0.2, 0.25) is 11.7 Å². The van der Waals surface area contributed by atoms with E-state index in [0.717, 1.165) is 0 Å². The van der Waals surface area contributed by atoms with Crippen LogP contribution in [-0.2, 0) is 16.1 Å². The molecule has 1 N–H and O–H groups in total. The molecule has 1 unspecified atom stereocenters. The van der Waals surface area contributed by atoms with E-state index in [1.165, 1.54) is 7.11 Å². The molecular formula is C19H23N3O6. The molecule has 3 rings (SSSR count). The summed E-state index contributed by atoms with van der Waals surface area (Å²) in [5.74, 6) is 0.176. The van der Waals surface area contributed by atoms with E-state index in [0.29, 0.717) is 42.4 Å². The van der Waals surface area contributed by atoms with Gasteiger partial charge in [-0.2, -0.15) is 4.98 Å². The summed E-state index contributed by atoms with van der Waals surface area (Å²) in [5, 5.41) is 13.4. The Morgan fingerprint density at radius 1 is 1.39 bits per heavy atom. The predicted octanol–water partition coefficient (Wildman–Crippen LogP) is 1.91. The number of carbonyl (C=O) groups excluding carboxylic acids is 1. The lowest BCUT2D eigenvalue weighted by Gasteiger charge is -2.39. The molecule has 1 saturated heterocycles. The molecule has 0 saturated carbocycles. The second kappa shape index (κ2) is 8.39. The van der Waals surface area contributed by atoms with E-state index in [4.69, 9.17) is 14.0 Å². The van der Waals surface area contributed by atoms with E-state index in [-0.39, 0.29) is 25.7 Å². The van der Waals surface area contributed by atoms with Gasteiger partial charge in [-0.1, -0.05) is 11.2 Å². The molecule has 150 valence electrons. The molecule has 1 aromatic carbocycles. The minimum absolute atomic E-state index is 0.0688. The molecule has 0 bridgehead atoms. The molecule has 1 fully saturated rings. The fourth-order valence-electron chi connectivity index (χ4n) is 3.38. The molecule has 1 atom stereocenters. The molecule has 0 aliphatic carbocycles. The van der Waals surface area contributed by atoms with E-state index < -0.39 is 11.4 Å². The van der Waals surface area contributed by atoms with E-state index in [2.05, 4.69) is 10.1 Å². The molecule has 2 heterocycles. The number of carbonyl (C=O) groups is 2. The fraction of sp³-hybridized carbons (Fsp3) is 0.474. The Kier molecular flexibility index (Phi) is 5.93. The van der Waals surface area contributed by atoms with Crippen LogP contribution in [0.15, 0.2) is 28.8 Å². The predicted molar refractivity (Wildman–Crippen MR) is 96.9 cm³/mol. The summed E-state index contributed by atoms with van der Waals surface area (Å²) >= 11 is 0. The van der Waals surface area contributed by atoms with E-state index in [9.17, 15) is 14.7 Å². The molecule has 1 aromatic heterocycles. The van der Waals surface area contributed by atoms with Crippen LogP contribution in [0.1, 0.15) is 34.9 Å². The number of aromatic nitrogens is 2. The van der Waals surface area contributed by atoms with Crippen LogP contribution in [0, 0.1) is 12.3 Å². The fourth-order valence-corrected chi connectivity index (χ4v) is 3.38. The number of ether oxygens (including phenoxy) is 2. The van der Waals surface area contributed by atoms with Crippen molar-refractivity contribution in [1.29, 1.82) is 0 Å². The Balaban J connectivity index is 1.70. The molecule has 9 heteroatoms. The number of carboxylic acid groups (broad SMARTS) is 1. The van der Waals surface area contributed by atoms with Crippen molar-refractivity contribution in [1.82, 2.24) is 15.0 Å². The summed E-state index contributed by atoms with van der Waals surface area (Å²) in [4.78, 5) is 30.4. The summed E-state index contributed by atoms with van der Waals surface area (Å²) in [7, 11) is 1.47. The minimum Gasteiger partial charge on any atom is -0.485 e. The second-order valence-electron chi connectivity index (χ2n) is 6.89. The van der Waals surface area contributed by atoms with Crippen LogP contribution in [-0.4, -0.2) is 58.8 Å². The summed E-state index contributed by atoms with van der Waals surface area (Å²) in [6.07, 6.45) is 1.09. The summed E-state index contributed by atoms with van der Waals surface area (Å²) in [5.41, 5.74) is -0.645. The van der Waals surface area contributed by atoms with Crippen LogP contribution in [0.4, 0.5) is 0 Å². The topological polar surface area (TPSA) is 115 Å². The summed E-state index contributed by atoms with van der Waals surface area (Å²) in [6.45, 7) is 2.50. The zero-order valence-corrected chi connectivity index (χ0v) is 15.9. The first-order chi connectivity index (χ1) is 13.4. The summed E-state index contributed by atoms with van der Waals surface area (Å²) < 4.78 is 15.6. The highest BCUT2D eigenvalue weighted by Gasteiger charge is 2.44. The lowest BCUT2D eigenvalue weighted by atomic mass is 9.80. The quantitative estimate of drug-likeness (QED) is 0.764. The van der Waals surface area contributed by atoms with Gasteiger partial charge in [-0.05, 0) is 31.0 Å². The first-order valence-corrected chi connectivity index (χ1v) is 8.97. The SMILES string of the molecule is COCC1(C(=O)O)CCCN(C(=O)c2cccc(OCc3noc(C)n3)c2)C1. The highest BCUT2D eigenvalue weighted by molar-refractivity contribution is 5.95. The maximum absolute atomic E-state index is 12.9. The van der Waals surface area contributed by atoms with E-state index in [1.807, 2.05) is 0 Å². The van der Waals surface area contributed by atoms with Crippen LogP contribution >= 0.6 is 0 Å². The third-order valence-corrected chi connectivity index (χ3v) is 4.76. The molecular weight excluding hydrogens is 366 g/mol. The lowest BCUT2D eigenvalue weighted by Crippen LogP contribution is -2.52. The van der Waals surface area contributed by atoms with Crippen LogP contribution in [0.5, 0.6) is 5.75 Å². The van der Waals surface area contributed by atoms with Crippen molar-refractivity contribution in [3.05, 3.63) is 41.5 Å². The molecule has 9 nitrogen and oxygen atoms in total. The number of aryl methyl sites for hydroxylation is 1. The number of piperidine rings is 1. The average molecular weight is 389 g/mol. The van der Waals surface area contributed by atoms with Gasteiger partial charge in [-0.15, -0.1) is 0 Å². The Bertz CT molecular complexity index is 848. The number of methoxy groups -OCH3 is 1. The van der Waals surface area contributed by atoms with Gasteiger partial charge in [0.05, 0.1) is 6.61 Å². The van der Waals surface area contributed by atoms with Crippen LogP contribution < -0.4 is 4.74 Å². The normalized spacial score (nSPS) is 19.4. The van der Waals surface area contributed by atoms with Gasteiger partial charge in [0, 0.05) is 32.7 Å². The Morgan fingerprint density at radius 3 is 2.89 bits per heavy atom. The van der Waals surface area contributed by atoms with E-state index in [1.54, 1.807) is 36.1 Å². The highest BCUT2D eigenvalue weighted by atomic mass is 16.5. The zero-order chi connectivity index (χ0) is 20.1. The number of hydrogen-bond acceptors (Lipinski definition) is 7. The molecule has 1 aliphatic rings. The molecule has 0 radical (unpaired) electrons. The number of likely N-dealkylation sites (tertiary alicyclic amines) is 1. The van der Waals surface area contributed by atoms with Gasteiger partial charge in [0.25, 0.3) is 5.91 Å².